The first-order valence-corrected chi connectivity index (χ1v) is 5.52. The molecule has 1 rings (SSSR count). The lowest BCUT2D eigenvalue weighted by Gasteiger charge is -2.09. The molecule has 0 saturated heterocycles. The number of carbonyl (C=O) groups excluding carboxylic acids is 1. The second-order valence-electron chi connectivity index (χ2n) is 3.10. The quantitative estimate of drug-likeness (QED) is 0.837. The minimum absolute atomic E-state index is 0.00934. The molecule has 0 unspecified atom stereocenters. The smallest absolute Gasteiger partial charge is 0.411 e. The molecular formula is C11H9BrFNO4. The Morgan fingerprint density at radius 1 is 1.56 bits per heavy atom. The molecule has 0 fully saturated rings. The van der Waals surface area contributed by atoms with Crippen molar-refractivity contribution in [2.24, 2.45) is 0 Å². The SMILES string of the molecule is C=CCOC(=O)Nc1ccc(Br)c(F)c1C(=O)O. The number of carbonyl (C=O) groups is 2. The van der Waals surface area contributed by atoms with Gasteiger partial charge in [-0.3, -0.25) is 5.32 Å². The summed E-state index contributed by atoms with van der Waals surface area (Å²) in [4.78, 5) is 22.2. The number of anilines is 1. The molecular weight excluding hydrogens is 309 g/mol. The van der Waals surface area contributed by atoms with E-state index in [9.17, 15) is 14.0 Å². The van der Waals surface area contributed by atoms with Gasteiger partial charge in [0.05, 0.1) is 10.2 Å². The fraction of sp³-hybridized carbons (Fsp3) is 0.0909. The Bertz CT molecular complexity index is 504. The molecule has 0 aliphatic heterocycles. The molecule has 96 valence electrons. The molecule has 0 aliphatic carbocycles. The van der Waals surface area contributed by atoms with Gasteiger partial charge in [0.2, 0.25) is 0 Å². The van der Waals surface area contributed by atoms with E-state index in [-0.39, 0.29) is 16.8 Å². The zero-order chi connectivity index (χ0) is 13.7. The van der Waals surface area contributed by atoms with E-state index >= 15 is 0 Å². The highest BCUT2D eigenvalue weighted by atomic mass is 79.9. The van der Waals surface area contributed by atoms with Crippen LogP contribution in [-0.4, -0.2) is 23.8 Å². The molecule has 1 aromatic rings. The van der Waals surface area contributed by atoms with Crippen LogP contribution in [0.1, 0.15) is 10.4 Å². The van der Waals surface area contributed by atoms with Gasteiger partial charge in [0.1, 0.15) is 12.2 Å². The van der Waals surface area contributed by atoms with E-state index in [0.717, 1.165) is 0 Å². The normalized spacial score (nSPS) is 9.67. The van der Waals surface area contributed by atoms with Gasteiger partial charge in [0.15, 0.2) is 5.82 Å². The van der Waals surface area contributed by atoms with Gasteiger partial charge >= 0.3 is 12.1 Å². The third kappa shape index (κ3) is 3.30. The van der Waals surface area contributed by atoms with E-state index < -0.39 is 23.4 Å². The minimum Gasteiger partial charge on any atom is -0.478 e. The fourth-order valence-corrected chi connectivity index (χ4v) is 1.47. The molecule has 0 aromatic heterocycles. The second-order valence-corrected chi connectivity index (χ2v) is 3.96. The van der Waals surface area contributed by atoms with Crippen molar-refractivity contribution in [1.82, 2.24) is 0 Å². The molecule has 0 radical (unpaired) electrons. The number of amides is 1. The van der Waals surface area contributed by atoms with E-state index in [2.05, 4.69) is 32.6 Å². The molecule has 7 heteroatoms. The third-order valence-corrected chi connectivity index (χ3v) is 2.49. The van der Waals surface area contributed by atoms with Crippen LogP contribution in [0.2, 0.25) is 0 Å². The van der Waals surface area contributed by atoms with Crippen LogP contribution >= 0.6 is 15.9 Å². The predicted octanol–water partition coefficient (Wildman–Crippen LogP) is 3.02. The highest BCUT2D eigenvalue weighted by Crippen LogP contribution is 2.26. The number of aromatic carboxylic acids is 1. The highest BCUT2D eigenvalue weighted by Gasteiger charge is 2.20. The molecule has 5 nitrogen and oxygen atoms in total. The lowest BCUT2D eigenvalue weighted by atomic mass is 10.1. The summed E-state index contributed by atoms with van der Waals surface area (Å²) in [7, 11) is 0. The molecule has 0 aliphatic rings. The van der Waals surface area contributed by atoms with Crippen LogP contribution < -0.4 is 5.32 Å². The first kappa shape index (κ1) is 14.2. The molecule has 1 amide bonds. The van der Waals surface area contributed by atoms with Gasteiger partial charge in [0, 0.05) is 0 Å². The van der Waals surface area contributed by atoms with E-state index in [4.69, 9.17) is 5.11 Å². The molecule has 1 aromatic carbocycles. The molecule has 18 heavy (non-hydrogen) atoms. The average Bonchev–Trinajstić information content (AvgIpc) is 2.31. The zero-order valence-electron chi connectivity index (χ0n) is 9.07. The number of hydrogen-bond donors (Lipinski definition) is 2. The van der Waals surface area contributed by atoms with Crippen molar-refractivity contribution in [2.45, 2.75) is 0 Å². The van der Waals surface area contributed by atoms with Gasteiger partial charge in [-0.1, -0.05) is 12.7 Å². The van der Waals surface area contributed by atoms with Gasteiger partial charge in [-0.2, -0.15) is 0 Å². The second kappa shape index (κ2) is 6.15. The molecule has 0 bridgehead atoms. The summed E-state index contributed by atoms with van der Waals surface area (Å²) in [6, 6.07) is 2.54. The largest absolute Gasteiger partial charge is 0.478 e. The standard InChI is InChI=1S/C11H9BrFNO4/c1-2-5-18-11(17)14-7-4-3-6(12)9(13)8(7)10(15)16/h2-4H,1,5H2,(H,14,17)(H,15,16). The number of hydrogen-bond acceptors (Lipinski definition) is 3. The van der Waals surface area contributed by atoms with Crippen LogP contribution in [0.25, 0.3) is 0 Å². The molecule has 0 atom stereocenters. The Labute approximate surface area is 110 Å². The first-order chi connectivity index (χ1) is 8.47. The maximum Gasteiger partial charge on any atom is 0.411 e. The van der Waals surface area contributed by atoms with Crippen molar-refractivity contribution in [3.05, 3.63) is 40.6 Å². The van der Waals surface area contributed by atoms with E-state index in [1.807, 2.05) is 0 Å². The van der Waals surface area contributed by atoms with Crippen LogP contribution in [0, 0.1) is 5.82 Å². The summed E-state index contributed by atoms with van der Waals surface area (Å²) in [5.74, 6) is -2.46. The van der Waals surface area contributed by atoms with Gasteiger partial charge in [0.25, 0.3) is 0 Å². The average molecular weight is 318 g/mol. The van der Waals surface area contributed by atoms with Crippen molar-refractivity contribution in [2.75, 3.05) is 11.9 Å². The summed E-state index contributed by atoms with van der Waals surface area (Å²) in [6.07, 6.45) is 0.457. The summed E-state index contributed by atoms with van der Waals surface area (Å²) in [5, 5.41) is 11.0. The topological polar surface area (TPSA) is 75.6 Å². The van der Waals surface area contributed by atoms with Gasteiger partial charge in [-0.25, -0.2) is 14.0 Å². The van der Waals surface area contributed by atoms with E-state index in [1.165, 1.54) is 18.2 Å². The monoisotopic (exact) mass is 317 g/mol. The molecule has 0 heterocycles. The van der Waals surface area contributed by atoms with Crippen molar-refractivity contribution in [3.8, 4) is 0 Å². The summed E-state index contributed by atoms with van der Waals surface area (Å²) in [5.41, 5.74) is -0.822. The first-order valence-electron chi connectivity index (χ1n) is 4.73. The number of benzene rings is 1. The van der Waals surface area contributed by atoms with Gasteiger partial charge < -0.3 is 9.84 Å². The molecule has 2 N–H and O–H groups in total. The number of carboxylic acid groups (broad SMARTS) is 1. The Morgan fingerprint density at radius 3 is 2.78 bits per heavy atom. The Morgan fingerprint density at radius 2 is 2.22 bits per heavy atom. The highest BCUT2D eigenvalue weighted by molar-refractivity contribution is 9.10. The van der Waals surface area contributed by atoms with E-state index in [1.54, 1.807) is 0 Å². The minimum atomic E-state index is -1.49. The molecule has 0 saturated carbocycles. The lowest BCUT2D eigenvalue weighted by molar-refractivity contribution is 0.0693. The van der Waals surface area contributed by atoms with Crippen molar-refractivity contribution in [1.29, 1.82) is 0 Å². The van der Waals surface area contributed by atoms with Crippen LogP contribution in [0.5, 0.6) is 0 Å². The lowest BCUT2D eigenvalue weighted by Crippen LogP contribution is -2.17. The van der Waals surface area contributed by atoms with Crippen molar-refractivity contribution in [3.63, 3.8) is 0 Å². The summed E-state index contributed by atoms with van der Waals surface area (Å²) < 4.78 is 18.2. The van der Waals surface area contributed by atoms with Gasteiger partial charge in [-0.15, -0.1) is 0 Å². The van der Waals surface area contributed by atoms with Gasteiger partial charge in [-0.05, 0) is 28.1 Å². The Hall–Kier alpha value is -1.89. The number of carboxylic acids is 1. The number of halogens is 2. The maximum absolute atomic E-state index is 13.6. The maximum atomic E-state index is 13.6. The zero-order valence-corrected chi connectivity index (χ0v) is 10.7. The summed E-state index contributed by atoms with van der Waals surface area (Å²) >= 11 is 2.86. The Kier molecular flexibility index (Phi) is 4.85. The van der Waals surface area contributed by atoms with Crippen LogP contribution in [0.3, 0.4) is 0 Å². The molecule has 0 spiro atoms. The number of rotatable bonds is 4. The summed E-state index contributed by atoms with van der Waals surface area (Å²) in [6.45, 7) is 3.31. The van der Waals surface area contributed by atoms with Crippen molar-refractivity contribution >= 4 is 33.7 Å². The van der Waals surface area contributed by atoms with Crippen LogP contribution in [-0.2, 0) is 4.74 Å². The van der Waals surface area contributed by atoms with E-state index in [0.29, 0.717) is 0 Å². The third-order valence-electron chi connectivity index (χ3n) is 1.88. The Balaban J connectivity index is 3.02. The van der Waals surface area contributed by atoms with Crippen molar-refractivity contribution < 1.29 is 23.8 Å². The van der Waals surface area contributed by atoms with Crippen LogP contribution in [0.4, 0.5) is 14.9 Å². The predicted molar refractivity (Wildman–Crippen MR) is 66.2 cm³/mol. The fourth-order valence-electron chi connectivity index (χ4n) is 1.14. The van der Waals surface area contributed by atoms with Crippen LogP contribution in [0.15, 0.2) is 29.3 Å². The number of nitrogens with one attached hydrogen (secondary N) is 1. The number of ether oxygens (including phenoxy) is 1.